The van der Waals surface area contributed by atoms with Gasteiger partial charge in [-0.25, -0.2) is 4.98 Å². The standard InChI is InChI=1S/C18H11BrN4O5/c19-12-7-10(23(26)27)5-6-13(12)21-15(24)8-22-9-20-16-11-3-1-2-4-14(11)28-17(16)18(22)25/h1-7,9H,8H2,(H,21,24). The molecule has 10 heteroatoms. The van der Waals surface area contributed by atoms with Gasteiger partial charge in [-0.15, -0.1) is 0 Å². The van der Waals surface area contributed by atoms with Crippen molar-refractivity contribution in [2.45, 2.75) is 6.54 Å². The van der Waals surface area contributed by atoms with Crippen LogP contribution in [0.25, 0.3) is 22.1 Å². The van der Waals surface area contributed by atoms with E-state index in [2.05, 4.69) is 26.2 Å². The summed E-state index contributed by atoms with van der Waals surface area (Å²) in [7, 11) is 0. The minimum atomic E-state index is -0.538. The van der Waals surface area contributed by atoms with Crippen molar-refractivity contribution in [1.82, 2.24) is 9.55 Å². The molecule has 0 fully saturated rings. The molecule has 0 aliphatic carbocycles. The summed E-state index contributed by atoms with van der Waals surface area (Å²) in [4.78, 5) is 39.5. The molecule has 0 spiro atoms. The van der Waals surface area contributed by atoms with Crippen LogP contribution in [0.3, 0.4) is 0 Å². The van der Waals surface area contributed by atoms with Gasteiger partial charge in [0.2, 0.25) is 11.5 Å². The average Bonchev–Trinajstić information content (AvgIpc) is 3.05. The number of benzene rings is 2. The van der Waals surface area contributed by atoms with Gasteiger partial charge in [0.25, 0.3) is 11.2 Å². The maximum Gasteiger partial charge on any atom is 0.297 e. The first-order chi connectivity index (χ1) is 13.4. The van der Waals surface area contributed by atoms with Crippen molar-refractivity contribution in [2.75, 3.05) is 5.32 Å². The predicted octanol–water partition coefficient (Wildman–Crippen LogP) is 3.45. The minimum absolute atomic E-state index is 0.0769. The van der Waals surface area contributed by atoms with Crippen LogP contribution in [-0.2, 0) is 11.3 Å². The van der Waals surface area contributed by atoms with Crippen molar-refractivity contribution in [2.24, 2.45) is 0 Å². The summed E-state index contributed by atoms with van der Waals surface area (Å²) < 4.78 is 7.07. The Morgan fingerprint density at radius 2 is 2.07 bits per heavy atom. The van der Waals surface area contributed by atoms with Crippen molar-refractivity contribution < 1.29 is 14.1 Å². The maximum atomic E-state index is 12.6. The molecule has 0 aliphatic heterocycles. The number of fused-ring (bicyclic) bond motifs is 3. The van der Waals surface area contributed by atoms with Crippen LogP contribution in [0.4, 0.5) is 11.4 Å². The Labute approximate surface area is 164 Å². The van der Waals surface area contributed by atoms with E-state index in [1.807, 2.05) is 6.07 Å². The number of nitro groups is 1. The van der Waals surface area contributed by atoms with Crippen LogP contribution in [0.5, 0.6) is 0 Å². The van der Waals surface area contributed by atoms with Gasteiger partial charge >= 0.3 is 0 Å². The zero-order valence-corrected chi connectivity index (χ0v) is 15.7. The normalized spacial score (nSPS) is 11.0. The van der Waals surface area contributed by atoms with Crippen molar-refractivity contribution in [3.05, 3.63) is 73.7 Å². The van der Waals surface area contributed by atoms with E-state index in [0.29, 0.717) is 21.3 Å². The monoisotopic (exact) mass is 442 g/mol. The fourth-order valence-corrected chi connectivity index (χ4v) is 3.26. The molecule has 1 amide bonds. The summed E-state index contributed by atoms with van der Waals surface area (Å²) in [5.74, 6) is -0.492. The molecule has 0 bridgehead atoms. The van der Waals surface area contributed by atoms with Gasteiger partial charge in [0.05, 0.1) is 16.9 Å². The number of carbonyl (C=O) groups is 1. The second-order valence-corrected chi connectivity index (χ2v) is 6.78. The Morgan fingerprint density at radius 3 is 2.82 bits per heavy atom. The van der Waals surface area contributed by atoms with Crippen molar-refractivity contribution in [3.8, 4) is 0 Å². The van der Waals surface area contributed by atoms with E-state index in [1.165, 1.54) is 24.5 Å². The molecular formula is C18H11BrN4O5. The molecule has 0 unspecified atom stereocenters. The van der Waals surface area contributed by atoms with Crippen LogP contribution in [0.15, 0.2) is 62.5 Å². The Balaban J connectivity index is 1.60. The van der Waals surface area contributed by atoms with Crippen molar-refractivity contribution in [1.29, 1.82) is 0 Å². The summed E-state index contributed by atoms with van der Waals surface area (Å²) >= 11 is 3.18. The van der Waals surface area contributed by atoms with Crippen LogP contribution < -0.4 is 10.9 Å². The molecule has 0 saturated carbocycles. The number of aromatic nitrogens is 2. The number of nitrogens with zero attached hydrogens (tertiary/aromatic N) is 3. The molecule has 2 aromatic carbocycles. The second kappa shape index (κ2) is 6.89. The van der Waals surface area contributed by atoms with Gasteiger partial charge in [0, 0.05) is 22.0 Å². The lowest BCUT2D eigenvalue weighted by Crippen LogP contribution is -2.27. The third kappa shape index (κ3) is 3.14. The van der Waals surface area contributed by atoms with Gasteiger partial charge in [-0.1, -0.05) is 12.1 Å². The van der Waals surface area contributed by atoms with Crippen molar-refractivity contribution in [3.63, 3.8) is 0 Å². The number of furan rings is 1. The number of anilines is 1. The molecule has 4 rings (SSSR count). The Bertz CT molecular complexity index is 1310. The zero-order valence-electron chi connectivity index (χ0n) is 14.1. The number of para-hydroxylation sites is 1. The quantitative estimate of drug-likeness (QED) is 0.381. The molecule has 0 atom stereocenters. The van der Waals surface area contributed by atoms with Crippen LogP contribution in [0.2, 0.25) is 0 Å². The van der Waals surface area contributed by atoms with E-state index in [1.54, 1.807) is 18.2 Å². The zero-order chi connectivity index (χ0) is 19.8. The Hall–Kier alpha value is -3.53. The molecular weight excluding hydrogens is 432 g/mol. The fraction of sp³-hybridized carbons (Fsp3) is 0.0556. The second-order valence-electron chi connectivity index (χ2n) is 5.92. The van der Waals surface area contributed by atoms with Crippen LogP contribution in [-0.4, -0.2) is 20.4 Å². The van der Waals surface area contributed by atoms with Crippen molar-refractivity contribution >= 4 is 55.3 Å². The van der Waals surface area contributed by atoms with Crippen LogP contribution in [0, 0.1) is 10.1 Å². The largest absolute Gasteiger partial charge is 0.448 e. The summed E-state index contributed by atoms with van der Waals surface area (Å²) in [5.41, 5.74) is 0.823. The van der Waals surface area contributed by atoms with Crippen LogP contribution >= 0.6 is 15.9 Å². The number of hydrogen-bond acceptors (Lipinski definition) is 6. The van der Waals surface area contributed by atoms with Gasteiger partial charge in [-0.2, -0.15) is 0 Å². The number of nitro benzene ring substituents is 1. The summed E-state index contributed by atoms with van der Waals surface area (Å²) in [6.45, 7) is -0.289. The van der Waals surface area contributed by atoms with Gasteiger partial charge in [0.1, 0.15) is 17.6 Å². The van der Waals surface area contributed by atoms with E-state index < -0.39 is 16.4 Å². The first-order valence-corrected chi connectivity index (χ1v) is 8.84. The molecule has 0 radical (unpaired) electrons. The number of hydrogen-bond donors (Lipinski definition) is 1. The van der Waals surface area contributed by atoms with Gasteiger partial charge in [0.15, 0.2) is 0 Å². The average molecular weight is 443 g/mol. The lowest BCUT2D eigenvalue weighted by atomic mass is 10.2. The van der Waals surface area contributed by atoms with Gasteiger partial charge < -0.3 is 9.73 Å². The molecule has 4 aromatic rings. The molecule has 0 aliphatic rings. The number of amides is 1. The maximum absolute atomic E-state index is 12.6. The molecule has 28 heavy (non-hydrogen) atoms. The van der Waals surface area contributed by atoms with E-state index in [9.17, 15) is 19.7 Å². The lowest BCUT2D eigenvalue weighted by Gasteiger charge is -2.08. The number of non-ortho nitro benzene ring substituents is 1. The topological polar surface area (TPSA) is 120 Å². The first-order valence-electron chi connectivity index (χ1n) is 8.04. The van der Waals surface area contributed by atoms with Crippen LogP contribution in [0.1, 0.15) is 0 Å². The molecule has 2 aromatic heterocycles. The van der Waals surface area contributed by atoms with E-state index >= 15 is 0 Å². The molecule has 2 heterocycles. The highest BCUT2D eigenvalue weighted by molar-refractivity contribution is 9.10. The highest BCUT2D eigenvalue weighted by Crippen LogP contribution is 2.27. The summed E-state index contributed by atoms with van der Waals surface area (Å²) in [5, 5.41) is 14.1. The lowest BCUT2D eigenvalue weighted by molar-refractivity contribution is -0.384. The third-order valence-electron chi connectivity index (χ3n) is 4.10. The number of rotatable bonds is 4. The molecule has 0 saturated heterocycles. The summed E-state index contributed by atoms with van der Waals surface area (Å²) in [6.07, 6.45) is 1.29. The smallest absolute Gasteiger partial charge is 0.297 e. The molecule has 1 N–H and O–H groups in total. The molecule has 140 valence electrons. The Kier molecular flexibility index (Phi) is 4.40. The third-order valence-corrected chi connectivity index (χ3v) is 4.76. The summed E-state index contributed by atoms with van der Waals surface area (Å²) in [6, 6.07) is 11.1. The molecule has 9 nitrogen and oxygen atoms in total. The van der Waals surface area contributed by atoms with E-state index in [4.69, 9.17) is 4.42 Å². The first kappa shape index (κ1) is 17.9. The predicted molar refractivity (Wildman–Crippen MR) is 105 cm³/mol. The number of carbonyl (C=O) groups excluding carboxylic acids is 1. The Morgan fingerprint density at radius 1 is 1.29 bits per heavy atom. The highest BCUT2D eigenvalue weighted by Gasteiger charge is 2.16. The van der Waals surface area contributed by atoms with Gasteiger partial charge in [-0.05, 0) is 34.1 Å². The number of nitrogens with one attached hydrogen (secondary N) is 1. The minimum Gasteiger partial charge on any atom is -0.448 e. The van der Waals surface area contributed by atoms with E-state index in [-0.39, 0.29) is 17.8 Å². The van der Waals surface area contributed by atoms with E-state index in [0.717, 1.165) is 9.95 Å². The number of halogens is 1. The SMILES string of the molecule is O=C(Cn1cnc2c(oc3ccccc32)c1=O)Nc1ccc([N+](=O)[O-])cc1Br. The highest BCUT2D eigenvalue weighted by atomic mass is 79.9. The fourth-order valence-electron chi connectivity index (χ4n) is 2.79. The van der Waals surface area contributed by atoms with Gasteiger partial charge in [-0.3, -0.25) is 24.3 Å².